The van der Waals surface area contributed by atoms with Gasteiger partial charge in [0.15, 0.2) is 0 Å². The molecule has 0 aliphatic carbocycles. The first-order chi connectivity index (χ1) is 11.2. The van der Waals surface area contributed by atoms with E-state index in [1.54, 1.807) is 18.2 Å². The number of alkyl halides is 3. The zero-order valence-electron chi connectivity index (χ0n) is 12.4. The summed E-state index contributed by atoms with van der Waals surface area (Å²) in [6.45, 7) is 1.86. The molecule has 0 spiro atoms. The number of nitrogens with one attached hydrogen (secondary N) is 1. The van der Waals surface area contributed by atoms with Gasteiger partial charge in [-0.3, -0.25) is 10.3 Å². The number of hydrogen-bond donors (Lipinski definition) is 1. The van der Waals surface area contributed by atoms with Crippen LogP contribution in [0, 0.1) is 6.92 Å². The second-order valence-electron chi connectivity index (χ2n) is 5.47. The smallest absolute Gasteiger partial charge is 0.265 e. The molecule has 126 valence electrons. The molecule has 0 aromatic heterocycles. The van der Waals surface area contributed by atoms with Crippen molar-refractivity contribution in [2.24, 2.45) is 0 Å². The highest BCUT2D eigenvalue weighted by atomic mass is 79.9. The highest BCUT2D eigenvalue weighted by molar-refractivity contribution is 9.10. The third-order valence-electron chi connectivity index (χ3n) is 3.81. The van der Waals surface area contributed by atoms with Crippen LogP contribution in [0.5, 0.6) is 0 Å². The van der Waals surface area contributed by atoms with Crippen molar-refractivity contribution < 1.29 is 18.0 Å². The summed E-state index contributed by atoms with van der Waals surface area (Å²) >= 11 is 9.23. The van der Waals surface area contributed by atoms with E-state index >= 15 is 0 Å². The van der Waals surface area contributed by atoms with Crippen LogP contribution >= 0.6 is 27.5 Å². The predicted octanol–water partition coefficient (Wildman–Crippen LogP) is 5.74. The van der Waals surface area contributed by atoms with E-state index in [1.165, 1.54) is 24.3 Å². The molecule has 0 saturated heterocycles. The van der Waals surface area contributed by atoms with Gasteiger partial charge < -0.3 is 0 Å². The highest BCUT2D eigenvalue weighted by Crippen LogP contribution is 2.47. The Balaban J connectivity index is 2.12. The minimum Gasteiger partial charge on any atom is -0.265 e. The first-order valence-electron chi connectivity index (χ1n) is 6.99. The van der Waals surface area contributed by atoms with Crippen LogP contribution in [0.25, 0.3) is 5.70 Å². The molecule has 0 amide bonds. The van der Waals surface area contributed by atoms with E-state index in [0.717, 1.165) is 16.1 Å². The molecule has 3 rings (SSSR count). The monoisotopic (exact) mass is 417 g/mol. The lowest BCUT2D eigenvalue weighted by molar-refractivity contribution is -0.269. The van der Waals surface area contributed by atoms with Gasteiger partial charge in [-0.1, -0.05) is 45.7 Å². The second kappa shape index (κ2) is 6.10. The molecule has 7 heteroatoms. The van der Waals surface area contributed by atoms with Crippen LogP contribution in [0.4, 0.5) is 13.2 Å². The van der Waals surface area contributed by atoms with Crippen molar-refractivity contribution in [3.05, 3.63) is 74.7 Å². The standard InChI is InChI=1S/C17H12BrClF3NO/c1-10-7-11(5-6-14(10)18)15-9-16(24-23-15,17(20,21)22)12-3-2-4-13(19)8-12/h2-9,23H,1H3. The maximum absolute atomic E-state index is 13.8. The summed E-state index contributed by atoms with van der Waals surface area (Å²) in [7, 11) is 0. The molecule has 0 saturated carbocycles. The van der Waals surface area contributed by atoms with Crippen molar-refractivity contribution >= 4 is 33.2 Å². The Hall–Kier alpha value is -1.50. The van der Waals surface area contributed by atoms with Crippen LogP contribution in [-0.4, -0.2) is 6.18 Å². The topological polar surface area (TPSA) is 21.3 Å². The van der Waals surface area contributed by atoms with E-state index in [9.17, 15) is 13.2 Å². The van der Waals surface area contributed by atoms with Gasteiger partial charge in [-0.25, -0.2) is 0 Å². The second-order valence-corrected chi connectivity index (χ2v) is 6.76. The molecule has 1 unspecified atom stereocenters. The lowest BCUT2D eigenvalue weighted by Crippen LogP contribution is -2.42. The lowest BCUT2D eigenvalue weighted by atomic mass is 9.91. The molecule has 0 fully saturated rings. The number of benzene rings is 2. The van der Waals surface area contributed by atoms with Crippen LogP contribution in [-0.2, 0) is 10.4 Å². The number of rotatable bonds is 2. The summed E-state index contributed by atoms with van der Waals surface area (Å²) in [5, 5.41) is 0.209. The van der Waals surface area contributed by atoms with Crippen LogP contribution < -0.4 is 5.48 Å². The summed E-state index contributed by atoms with van der Waals surface area (Å²) in [6.07, 6.45) is -3.61. The molecule has 2 aromatic rings. The van der Waals surface area contributed by atoms with E-state index < -0.39 is 11.8 Å². The molecule has 2 nitrogen and oxygen atoms in total. The fraction of sp³-hybridized carbons (Fsp3) is 0.176. The quantitative estimate of drug-likeness (QED) is 0.671. The molecule has 1 aliphatic heterocycles. The van der Waals surface area contributed by atoms with E-state index in [0.29, 0.717) is 5.56 Å². The SMILES string of the molecule is Cc1cc(C2=CC(c3cccc(Cl)c3)(C(F)(F)F)ON2)ccc1Br. The molecule has 0 radical (unpaired) electrons. The van der Waals surface area contributed by atoms with Crippen LogP contribution in [0.15, 0.2) is 53.0 Å². The summed E-state index contributed by atoms with van der Waals surface area (Å²) < 4.78 is 42.3. The van der Waals surface area contributed by atoms with Gasteiger partial charge >= 0.3 is 6.18 Å². The lowest BCUT2D eigenvalue weighted by Gasteiger charge is -2.28. The third-order valence-corrected chi connectivity index (χ3v) is 4.94. The Morgan fingerprint density at radius 3 is 2.54 bits per heavy atom. The van der Waals surface area contributed by atoms with Gasteiger partial charge in [0, 0.05) is 20.6 Å². The average Bonchev–Trinajstić information content (AvgIpc) is 2.96. The van der Waals surface area contributed by atoms with Crippen molar-refractivity contribution in [2.75, 3.05) is 0 Å². The minimum absolute atomic E-state index is 0.0844. The Kier molecular flexibility index (Phi) is 4.40. The number of hydrogen-bond acceptors (Lipinski definition) is 2. The van der Waals surface area contributed by atoms with E-state index in [1.807, 2.05) is 6.92 Å². The molecule has 1 heterocycles. The fourth-order valence-electron chi connectivity index (χ4n) is 2.52. The van der Waals surface area contributed by atoms with Crippen molar-refractivity contribution in [3.8, 4) is 0 Å². The van der Waals surface area contributed by atoms with Gasteiger partial charge in [0.1, 0.15) is 0 Å². The maximum atomic E-state index is 13.8. The molecule has 1 atom stereocenters. The summed E-state index contributed by atoms with van der Waals surface area (Å²) in [5.41, 5.74) is 1.50. The Morgan fingerprint density at radius 2 is 1.92 bits per heavy atom. The van der Waals surface area contributed by atoms with E-state index in [4.69, 9.17) is 16.4 Å². The van der Waals surface area contributed by atoms with Crippen molar-refractivity contribution in [2.45, 2.75) is 18.7 Å². The molecule has 2 aromatic carbocycles. The number of hydroxylamine groups is 1. The first-order valence-corrected chi connectivity index (χ1v) is 8.16. The van der Waals surface area contributed by atoms with Crippen molar-refractivity contribution in [1.29, 1.82) is 0 Å². The van der Waals surface area contributed by atoms with Gasteiger partial charge in [0.25, 0.3) is 0 Å². The van der Waals surface area contributed by atoms with Crippen molar-refractivity contribution in [3.63, 3.8) is 0 Å². The van der Waals surface area contributed by atoms with Crippen LogP contribution in [0.1, 0.15) is 16.7 Å². The zero-order chi connectivity index (χ0) is 17.5. The molecular weight excluding hydrogens is 407 g/mol. The zero-order valence-corrected chi connectivity index (χ0v) is 14.8. The predicted molar refractivity (Wildman–Crippen MR) is 90.3 cm³/mol. The molecule has 0 bridgehead atoms. The average molecular weight is 419 g/mol. The van der Waals surface area contributed by atoms with E-state index in [2.05, 4.69) is 21.4 Å². The third kappa shape index (κ3) is 2.94. The Labute approximate surface area is 150 Å². The summed E-state index contributed by atoms with van der Waals surface area (Å²) in [5.74, 6) is 0. The normalized spacial score (nSPS) is 20.7. The number of halogens is 5. The molecule has 24 heavy (non-hydrogen) atoms. The number of aryl methyl sites for hydroxylation is 1. The van der Waals surface area contributed by atoms with Gasteiger partial charge in [0.05, 0.1) is 5.70 Å². The summed E-state index contributed by atoms with van der Waals surface area (Å²) in [6, 6.07) is 10.8. The molecule has 1 N–H and O–H groups in total. The van der Waals surface area contributed by atoms with Gasteiger partial charge in [-0.05, 0) is 42.8 Å². The van der Waals surface area contributed by atoms with Crippen LogP contribution in [0.3, 0.4) is 0 Å². The highest BCUT2D eigenvalue weighted by Gasteiger charge is 2.59. The largest absolute Gasteiger partial charge is 0.428 e. The Morgan fingerprint density at radius 1 is 1.17 bits per heavy atom. The first kappa shape index (κ1) is 17.3. The maximum Gasteiger partial charge on any atom is 0.428 e. The Bertz CT molecular complexity index is 822. The van der Waals surface area contributed by atoms with Gasteiger partial charge in [-0.15, -0.1) is 0 Å². The van der Waals surface area contributed by atoms with Gasteiger partial charge in [0.2, 0.25) is 5.60 Å². The molecular formula is C17H12BrClF3NO. The fourth-order valence-corrected chi connectivity index (χ4v) is 2.95. The molecule has 1 aliphatic rings. The summed E-state index contributed by atoms with van der Waals surface area (Å²) in [4.78, 5) is 5.05. The minimum atomic E-state index is -4.66. The van der Waals surface area contributed by atoms with Gasteiger partial charge in [-0.2, -0.15) is 13.2 Å². The van der Waals surface area contributed by atoms with E-state index in [-0.39, 0.29) is 16.3 Å². The van der Waals surface area contributed by atoms with Crippen molar-refractivity contribution in [1.82, 2.24) is 5.48 Å². The van der Waals surface area contributed by atoms with Crippen LogP contribution in [0.2, 0.25) is 5.02 Å².